The van der Waals surface area contributed by atoms with Gasteiger partial charge in [0.25, 0.3) is 0 Å². The molecule has 0 aliphatic carbocycles. The molecule has 220 valence electrons. The molecule has 0 atom stereocenters. The number of aliphatic hydroxyl groups excluding tert-OH is 1. The SMILES string of the molecule is CCCCCCCCCCc1ccc(OCCOCCOCCOCCOCCOCCO)c(C(=O)[O-])c1.[Rb+]. The number of aliphatic hydroxyl groups is 1. The molecule has 1 aromatic rings. The summed E-state index contributed by atoms with van der Waals surface area (Å²) in [6, 6.07) is 5.31. The van der Waals surface area contributed by atoms with Crippen LogP contribution in [0.15, 0.2) is 18.2 Å². The van der Waals surface area contributed by atoms with Crippen molar-refractivity contribution in [1.29, 1.82) is 0 Å². The van der Waals surface area contributed by atoms with Gasteiger partial charge in [-0.15, -0.1) is 0 Å². The predicted octanol–water partition coefficient (Wildman–Crippen LogP) is 0.191. The summed E-state index contributed by atoms with van der Waals surface area (Å²) in [6.45, 7) is 6.78. The van der Waals surface area contributed by atoms with Gasteiger partial charge in [0.1, 0.15) is 12.4 Å². The van der Waals surface area contributed by atoms with Crippen molar-refractivity contribution in [2.45, 2.75) is 64.7 Å². The van der Waals surface area contributed by atoms with Crippen LogP contribution in [0.4, 0.5) is 0 Å². The Labute approximate surface area is 284 Å². The number of hydrogen-bond donors (Lipinski definition) is 1. The van der Waals surface area contributed by atoms with Crippen molar-refractivity contribution >= 4 is 5.97 Å². The first kappa shape index (κ1) is 39.1. The van der Waals surface area contributed by atoms with Crippen molar-refractivity contribution in [3.8, 4) is 5.75 Å². The van der Waals surface area contributed by atoms with E-state index in [0.29, 0.717) is 71.8 Å². The van der Waals surface area contributed by atoms with Gasteiger partial charge in [0, 0.05) is 5.56 Å². The van der Waals surface area contributed by atoms with Crippen LogP contribution >= 0.6 is 0 Å². The molecule has 10 heteroatoms. The average molecular weight is 627 g/mol. The second kappa shape index (κ2) is 29.5. The standard InChI is InChI=1S/C29H50O9.Rb/c1-2-3-4-5-6-7-8-9-10-26-11-12-28(27(25-26)29(31)32)38-24-23-37-22-21-36-20-19-35-18-17-34-16-15-33-14-13-30;/h11-12,25,30H,2-10,13-24H2,1H3,(H,31,32);/q;+1/p-1. The molecule has 0 fully saturated rings. The van der Waals surface area contributed by atoms with Crippen LogP contribution in [0.1, 0.15) is 74.2 Å². The van der Waals surface area contributed by atoms with Crippen molar-refractivity contribution in [3.05, 3.63) is 29.3 Å². The van der Waals surface area contributed by atoms with E-state index in [1.165, 1.54) is 38.5 Å². The molecule has 39 heavy (non-hydrogen) atoms. The van der Waals surface area contributed by atoms with E-state index in [4.69, 9.17) is 33.5 Å². The average Bonchev–Trinajstić information content (AvgIpc) is 2.92. The Hall–Kier alpha value is 0.0552. The monoisotopic (exact) mass is 626 g/mol. The molecule has 9 nitrogen and oxygen atoms in total. The molecular weight excluding hydrogens is 578 g/mol. The first-order valence-corrected chi connectivity index (χ1v) is 14.2. The van der Waals surface area contributed by atoms with Gasteiger partial charge in [0.05, 0.1) is 78.6 Å². The van der Waals surface area contributed by atoms with E-state index in [2.05, 4.69) is 6.92 Å². The van der Waals surface area contributed by atoms with Gasteiger partial charge in [-0.05, 0) is 30.5 Å². The Balaban J connectivity index is 0.0000144. The van der Waals surface area contributed by atoms with Crippen molar-refractivity contribution in [2.24, 2.45) is 0 Å². The third-order valence-electron chi connectivity index (χ3n) is 5.79. The number of benzene rings is 1. The van der Waals surface area contributed by atoms with Crippen LogP contribution in [0.5, 0.6) is 5.75 Å². The van der Waals surface area contributed by atoms with Crippen LogP contribution < -0.4 is 68.0 Å². The Morgan fingerprint density at radius 1 is 0.692 bits per heavy atom. The molecule has 0 heterocycles. The molecule has 0 saturated carbocycles. The molecule has 0 radical (unpaired) electrons. The van der Waals surface area contributed by atoms with E-state index in [1.54, 1.807) is 12.1 Å². The number of carbonyl (C=O) groups is 1. The third-order valence-corrected chi connectivity index (χ3v) is 5.79. The largest absolute Gasteiger partial charge is 1.00 e. The number of aromatic carboxylic acids is 1. The normalized spacial score (nSPS) is 10.9. The molecule has 0 amide bonds. The number of hydrogen-bond acceptors (Lipinski definition) is 9. The zero-order valence-electron chi connectivity index (χ0n) is 24.3. The van der Waals surface area contributed by atoms with Crippen molar-refractivity contribution in [3.63, 3.8) is 0 Å². The van der Waals surface area contributed by atoms with Gasteiger partial charge in [-0.2, -0.15) is 0 Å². The quantitative estimate of drug-likeness (QED) is 0.130. The molecule has 1 rings (SSSR count). The van der Waals surface area contributed by atoms with Crippen LogP contribution in [0, 0.1) is 0 Å². The molecule has 0 aromatic heterocycles. The zero-order chi connectivity index (χ0) is 27.5. The molecule has 0 saturated heterocycles. The van der Waals surface area contributed by atoms with Crippen molar-refractivity contribution < 1.29 is 102 Å². The topological polar surface area (TPSA) is 116 Å². The summed E-state index contributed by atoms with van der Waals surface area (Å²) in [4.78, 5) is 11.6. The maximum absolute atomic E-state index is 11.6. The molecule has 1 aromatic carbocycles. The molecule has 0 bridgehead atoms. The Bertz CT molecular complexity index is 691. The summed E-state index contributed by atoms with van der Waals surface area (Å²) in [7, 11) is 0. The van der Waals surface area contributed by atoms with Gasteiger partial charge in [-0.25, -0.2) is 0 Å². The summed E-state index contributed by atoms with van der Waals surface area (Å²) in [5, 5.41) is 20.2. The molecule has 0 aliphatic heterocycles. The minimum atomic E-state index is -1.23. The van der Waals surface area contributed by atoms with Gasteiger partial charge >= 0.3 is 58.2 Å². The zero-order valence-corrected chi connectivity index (χ0v) is 29.2. The van der Waals surface area contributed by atoms with Gasteiger partial charge < -0.3 is 43.4 Å². The minimum absolute atomic E-state index is 0. The number of rotatable bonds is 28. The fraction of sp³-hybridized carbons (Fsp3) is 0.759. The fourth-order valence-corrected chi connectivity index (χ4v) is 3.74. The molecular formula is C29H49O9Rb. The number of carbonyl (C=O) groups excluding carboxylic acids is 1. The van der Waals surface area contributed by atoms with E-state index < -0.39 is 5.97 Å². The van der Waals surface area contributed by atoms with Crippen LogP contribution in [0.2, 0.25) is 0 Å². The van der Waals surface area contributed by atoms with E-state index in [1.807, 2.05) is 6.07 Å². The Morgan fingerprint density at radius 2 is 1.15 bits per heavy atom. The first-order chi connectivity index (χ1) is 18.7. The van der Waals surface area contributed by atoms with Crippen LogP contribution in [0.25, 0.3) is 0 Å². The van der Waals surface area contributed by atoms with Crippen molar-refractivity contribution in [2.75, 3.05) is 79.3 Å². The van der Waals surface area contributed by atoms with Gasteiger partial charge in [-0.3, -0.25) is 0 Å². The van der Waals surface area contributed by atoms with Crippen LogP contribution in [-0.2, 0) is 30.1 Å². The number of unbranched alkanes of at least 4 members (excludes halogenated alkanes) is 7. The van der Waals surface area contributed by atoms with Gasteiger partial charge in [0.15, 0.2) is 0 Å². The molecule has 1 N–H and O–H groups in total. The summed E-state index contributed by atoms with van der Waals surface area (Å²) >= 11 is 0. The summed E-state index contributed by atoms with van der Waals surface area (Å²) < 4.78 is 32.3. The minimum Gasteiger partial charge on any atom is -0.545 e. The van der Waals surface area contributed by atoms with Crippen LogP contribution in [-0.4, -0.2) is 90.4 Å². The second-order valence-electron chi connectivity index (χ2n) is 8.98. The number of carboxylic acids is 1. The maximum Gasteiger partial charge on any atom is 1.00 e. The van der Waals surface area contributed by atoms with E-state index in [0.717, 1.165) is 24.8 Å². The van der Waals surface area contributed by atoms with E-state index in [9.17, 15) is 9.90 Å². The summed E-state index contributed by atoms with van der Waals surface area (Å²) in [5.41, 5.74) is 1.09. The van der Waals surface area contributed by atoms with Crippen LogP contribution in [0.3, 0.4) is 0 Å². The predicted molar refractivity (Wildman–Crippen MR) is 144 cm³/mol. The van der Waals surface area contributed by atoms with Gasteiger partial charge in [-0.1, -0.05) is 57.9 Å². The molecule has 0 aliphatic rings. The maximum atomic E-state index is 11.6. The smallest absolute Gasteiger partial charge is 0.545 e. The summed E-state index contributed by atoms with van der Waals surface area (Å²) in [5.74, 6) is -0.920. The number of ether oxygens (including phenoxy) is 6. The number of aryl methyl sites for hydroxylation is 1. The van der Waals surface area contributed by atoms with Gasteiger partial charge in [0.2, 0.25) is 0 Å². The third kappa shape index (κ3) is 23.3. The fourth-order valence-electron chi connectivity index (χ4n) is 3.74. The van der Waals surface area contributed by atoms with E-state index in [-0.39, 0.29) is 77.0 Å². The summed E-state index contributed by atoms with van der Waals surface area (Å²) in [6.07, 6.45) is 10.8. The molecule has 0 spiro atoms. The Morgan fingerprint density at radius 3 is 1.64 bits per heavy atom. The van der Waals surface area contributed by atoms with E-state index >= 15 is 0 Å². The Kier molecular flexibility index (Phi) is 29.6. The second-order valence-corrected chi connectivity index (χ2v) is 8.98. The number of carboxylic acid groups (broad SMARTS) is 1. The first-order valence-electron chi connectivity index (χ1n) is 14.2. The van der Waals surface area contributed by atoms with Crippen molar-refractivity contribution in [1.82, 2.24) is 0 Å². The molecule has 0 unspecified atom stereocenters.